The Bertz CT molecular complexity index is 323. The summed E-state index contributed by atoms with van der Waals surface area (Å²) < 4.78 is 0. The fourth-order valence-electron chi connectivity index (χ4n) is 2.41. The van der Waals surface area contributed by atoms with Crippen LogP contribution in [0.5, 0.6) is 0 Å². The van der Waals surface area contributed by atoms with Crippen LogP contribution in [0.4, 0.5) is 4.79 Å². The Kier molecular flexibility index (Phi) is 7.36. The van der Waals surface area contributed by atoms with Crippen molar-refractivity contribution in [1.82, 2.24) is 15.5 Å². The molecule has 2 unspecified atom stereocenters. The van der Waals surface area contributed by atoms with Crippen molar-refractivity contribution in [3.8, 4) is 0 Å². The number of hydrogen-bond acceptors (Lipinski definition) is 3. The number of urea groups is 1. The summed E-state index contributed by atoms with van der Waals surface area (Å²) in [4.78, 5) is 24.5. The Morgan fingerprint density at radius 1 is 1.35 bits per heavy atom. The molecule has 1 fully saturated rings. The number of hydrogen-bond donors (Lipinski definition) is 3. The van der Waals surface area contributed by atoms with Gasteiger partial charge >= 0.3 is 12.0 Å². The molecule has 1 saturated heterocycles. The van der Waals surface area contributed by atoms with Gasteiger partial charge in [-0.3, -0.25) is 4.79 Å². The number of aliphatic carboxylic acids is 1. The molecule has 3 N–H and O–H groups in total. The minimum Gasteiger partial charge on any atom is -0.481 e. The number of carbonyl (C=O) groups is 2. The lowest BCUT2D eigenvalue weighted by Crippen LogP contribution is -2.47. The van der Waals surface area contributed by atoms with Gasteiger partial charge in [0.15, 0.2) is 0 Å². The van der Waals surface area contributed by atoms with Crippen molar-refractivity contribution in [2.45, 2.75) is 45.1 Å². The van der Waals surface area contributed by atoms with E-state index in [2.05, 4.69) is 22.6 Å². The number of likely N-dealkylation sites (N-methyl/N-ethyl adjacent to an activating group) is 1. The summed E-state index contributed by atoms with van der Waals surface area (Å²) in [6, 6.07) is 0.272. The Hall–Kier alpha value is -1.30. The van der Waals surface area contributed by atoms with Crippen molar-refractivity contribution in [2.24, 2.45) is 5.92 Å². The van der Waals surface area contributed by atoms with Gasteiger partial charge in [0.25, 0.3) is 0 Å². The molecule has 1 aliphatic rings. The van der Waals surface area contributed by atoms with Crippen LogP contribution >= 0.6 is 0 Å². The Balaban J connectivity index is 2.07. The molecule has 1 rings (SSSR count). The molecule has 1 aliphatic heterocycles. The largest absolute Gasteiger partial charge is 0.481 e. The number of likely N-dealkylation sites (tertiary alicyclic amines) is 1. The third kappa shape index (κ3) is 6.23. The summed E-state index contributed by atoms with van der Waals surface area (Å²) in [5.41, 5.74) is 0. The maximum absolute atomic E-state index is 11.6. The highest BCUT2D eigenvalue weighted by atomic mass is 16.4. The highest BCUT2D eigenvalue weighted by Gasteiger charge is 2.19. The topological polar surface area (TPSA) is 81.7 Å². The van der Waals surface area contributed by atoms with Gasteiger partial charge in [-0.1, -0.05) is 13.3 Å². The quantitative estimate of drug-likeness (QED) is 0.615. The van der Waals surface area contributed by atoms with Crippen LogP contribution in [-0.2, 0) is 4.79 Å². The third-order valence-electron chi connectivity index (χ3n) is 3.94. The van der Waals surface area contributed by atoms with Crippen LogP contribution in [0.2, 0.25) is 0 Å². The molecule has 0 saturated carbocycles. The fourth-order valence-corrected chi connectivity index (χ4v) is 2.41. The summed E-state index contributed by atoms with van der Waals surface area (Å²) in [6.07, 6.45) is 4.87. The van der Waals surface area contributed by atoms with Gasteiger partial charge in [0.1, 0.15) is 0 Å². The van der Waals surface area contributed by atoms with Crippen LogP contribution in [0.1, 0.15) is 39.0 Å². The molecular formula is C14H27N3O3. The zero-order chi connectivity index (χ0) is 15.0. The Morgan fingerprint density at radius 3 is 2.75 bits per heavy atom. The molecule has 0 aromatic rings. The van der Waals surface area contributed by atoms with Gasteiger partial charge in [-0.2, -0.15) is 0 Å². The average Bonchev–Trinajstić information content (AvgIpc) is 2.42. The average molecular weight is 285 g/mol. The predicted molar refractivity (Wildman–Crippen MR) is 77.7 cm³/mol. The molecular weight excluding hydrogens is 258 g/mol. The lowest BCUT2D eigenvalue weighted by Gasteiger charge is -2.32. The molecule has 1 heterocycles. The second kappa shape index (κ2) is 8.79. The van der Waals surface area contributed by atoms with Gasteiger partial charge in [0, 0.05) is 19.1 Å². The van der Waals surface area contributed by atoms with E-state index in [1.54, 1.807) is 6.92 Å². The van der Waals surface area contributed by atoms with Crippen LogP contribution in [0.25, 0.3) is 0 Å². The smallest absolute Gasteiger partial charge is 0.314 e. The zero-order valence-corrected chi connectivity index (χ0v) is 12.5. The first-order valence-electron chi connectivity index (χ1n) is 7.45. The second-order valence-electron chi connectivity index (χ2n) is 5.65. The van der Waals surface area contributed by atoms with E-state index >= 15 is 0 Å². The number of piperidine rings is 1. The van der Waals surface area contributed by atoms with Crippen molar-refractivity contribution >= 4 is 12.0 Å². The van der Waals surface area contributed by atoms with Crippen LogP contribution in [0, 0.1) is 5.92 Å². The van der Waals surface area contributed by atoms with Gasteiger partial charge in [-0.05, 0) is 39.3 Å². The van der Waals surface area contributed by atoms with E-state index in [0.717, 1.165) is 13.0 Å². The van der Waals surface area contributed by atoms with E-state index in [1.165, 1.54) is 12.8 Å². The van der Waals surface area contributed by atoms with Crippen molar-refractivity contribution in [1.29, 1.82) is 0 Å². The number of nitrogens with one attached hydrogen (secondary N) is 2. The zero-order valence-electron chi connectivity index (χ0n) is 12.5. The minimum atomic E-state index is -0.783. The molecule has 6 heteroatoms. The normalized spacial score (nSPS) is 21.2. The first kappa shape index (κ1) is 16.8. The summed E-state index contributed by atoms with van der Waals surface area (Å²) in [5.74, 6) is -1.13. The first-order chi connectivity index (χ1) is 9.50. The van der Waals surface area contributed by atoms with Crippen molar-refractivity contribution < 1.29 is 14.7 Å². The monoisotopic (exact) mass is 285 g/mol. The van der Waals surface area contributed by atoms with Crippen LogP contribution in [0.3, 0.4) is 0 Å². The second-order valence-corrected chi connectivity index (χ2v) is 5.65. The number of nitrogens with zero attached hydrogens (tertiary/aromatic N) is 1. The molecule has 0 bridgehead atoms. The van der Waals surface area contributed by atoms with Gasteiger partial charge in [0.05, 0.1) is 5.92 Å². The van der Waals surface area contributed by atoms with Crippen LogP contribution in [-0.4, -0.2) is 54.7 Å². The van der Waals surface area contributed by atoms with Crippen LogP contribution < -0.4 is 10.6 Å². The minimum absolute atomic E-state index is 0.160. The number of carboxylic acids is 1. The Morgan fingerprint density at radius 2 is 2.10 bits per heavy atom. The van der Waals surface area contributed by atoms with Crippen molar-refractivity contribution in [2.75, 3.05) is 26.7 Å². The summed E-state index contributed by atoms with van der Waals surface area (Å²) >= 11 is 0. The number of carbonyl (C=O) groups excluding carboxylic acids is 1. The van der Waals surface area contributed by atoms with Crippen molar-refractivity contribution in [3.05, 3.63) is 0 Å². The van der Waals surface area contributed by atoms with E-state index in [9.17, 15) is 9.59 Å². The van der Waals surface area contributed by atoms with Gasteiger partial charge in [-0.15, -0.1) is 0 Å². The summed E-state index contributed by atoms with van der Waals surface area (Å²) in [6.45, 7) is 3.97. The molecule has 2 atom stereocenters. The number of rotatable bonds is 7. The lowest BCUT2D eigenvalue weighted by molar-refractivity contribution is -0.141. The van der Waals surface area contributed by atoms with E-state index in [0.29, 0.717) is 32.0 Å². The fraction of sp³-hybridized carbons (Fsp3) is 0.857. The molecule has 2 amide bonds. The SMILES string of the molecule is CC(CCCNC(=O)NCC1CCCCN1C)C(=O)O. The molecule has 116 valence electrons. The molecule has 0 radical (unpaired) electrons. The van der Waals surface area contributed by atoms with Crippen LogP contribution in [0.15, 0.2) is 0 Å². The van der Waals surface area contributed by atoms with E-state index < -0.39 is 5.97 Å². The van der Waals surface area contributed by atoms with E-state index in [4.69, 9.17) is 5.11 Å². The summed E-state index contributed by atoms with van der Waals surface area (Å²) in [7, 11) is 2.09. The molecule has 0 aromatic heterocycles. The number of carboxylic acid groups (broad SMARTS) is 1. The predicted octanol–water partition coefficient (Wildman–Crippen LogP) is 1.27. The van der Waals surface area contributed by atoms with Gasteiger partial charge in [0.2, 0.25) is 0 Å². The van der Waals surface area contributed by atoms with E-state index in [-0.39, 0.29) is 11.9 Å². The third-order valence-corrected chi connectivity index (χ3v) is 3.94. The number of amides is 2. The maximum atomic E-state index is 11.6. The highest BCUT2D eigenvalue weighted by molar-refractivity contribution is 5.73. The van der Waals surface area contributed by atoms with Crippen molar-refractivity contribution in [3.63, 3.8) is 0 Å². The lowest BCUT2D eigenvalue weighted by atomic mass is 10.0. The Labute approximate surface area is 120 Å². The summed E-state index contributed by atoms with van der Waals surface area (Å²) in [5, 5.41) is 14.4. The first-order valence-corrected chi connectivity index (χ1v) is 7.45. The maximum Gasteiger partial charge on any atom is 0.314 e. The van der Waals surface area contributed by atoms with Gasteiger partial charge in [-0.25, -0.2) is 4.79 Å². The molecule has 20 heavy (non-hydrogen) atoms. The standard InChI is InChI=1S/C14H27N3O3/c1-11(13(18)19)6-5-8-15-14(20)16-10-12-7-3-4-9-17(12)2/h11-12H,3-10H2,1-2H3,(H,18,19)(H2,15,16,20). The molecule has 0 spiro atoms. The molecule has 0 aliphatic carbocycles. The molecule has 6 nitrogen and oxygen atoms in total. The molecule has 0 aromatic carbocycles. The highest BCUT2D eigenvalue weighted by Crippen LogP contribution is 2.13. The van der Waals surface area contributed by atoms with E-state index in [1.807, 2.05) is 0 Å². The van der Waals surface area contributed by atoms with Gasteiger partial charge < -0.3 is 20.6 Å².